The van der Waals surface area contributed by atoms with E-state index in [1.54, 1.807) is 19.1 Å². The SMILES string of the molecule is Cc1cc(=O)n(-c2ccc(Cl)nc2)c(C2C[C@@H]3[C@H](C2)C3(F)F)n1. The molecule has 3 atom stereocenters. The number of aryl methyl sites for hydroxylation is 1. The molecule has 2 fully saturated rings. The van der Waals surface area contributed by atoms with Crippen LogP contribution in [0.15, 0.2) is 29.2 Å². The van der Waals surface area contributed by atoms with Crippen LogP contribution in [0.2, 0.25) is 5.15 Å². The minimum atomic E-state index is -2.53. The maximum absolute atomic E-state index is 13.4. The van der Waals surface area contributed by atoms with E-state index < -0.39 is 17.8 Å². The van der Waals surface area contributed by atoms with Gasteiger partial charge in [-0.25, -0.2) is 18.7 Å². The molecule has 4 rings (SSSR count). The quantitative estimate of drug-likeness (QED) is 0.790. The number of hydrogen-bond donors (Lipinski definition) is 0. The number of alkyl halides is 2. The molecule has 0 spiro atoms. The van der Waals surface area contributed by atoms with Crippen LogP contribution in [0, 0.1) is 18.8 Å². The Labute approximate surface area is 136 Å². The molecule has 2 aliphatic carbocycles. The summed E-state index contributed by atoms with van der Waals surface area (Å²) in [5, 5.41) is 0.324. The van der Waals surface area contributed by atoms with E-state index in [9.17, 15) is 13.6 Å². The smallest absolute Gasteiger partial charge is 0.258 e. The topological polar surface area (TPSA) is 47.8 Å². The minimum absolute atomic E-state index is 0.132. The first-order valence-electron chi connectivity index (χ1n) is 7.48. The van der Waals surface area contributed by atoms with Gasteiger partial charge in [0, 0.05) is 29.5 Å². The number of halogens is 3. The van der Waals surface area contributed by atoms with Gasteiger partial charge in [-0.3, -0.25) is 9.36 Å². The first-order chi connectivity index (χ1) is 10.9. The van der Waals surface area contributed by atoms with Gasteiger partial charge in [0.05, 0.1) is 11.9 Å². The highest BCUT2D eigenvalue weighted by atomic mass is 35.5. The van der Waals surface area contributed by atoms with Crippen LogP contribution in [-0.2, 0) is 0 Å². The fraction of sp³-hybridized carbons (Fsp3) is 0.438. The number of fused-ring (bicyclic) bond motifs is 1. The number of rotatable bonds is 2. The molecule has 0 saturated heterocycles. The lowest BCUT2D eigenvalue weighted by Crippen LogP contribution is -2.26. The molecule has 2 aromatic heterocycles. The summed E-state index contributed by atoms with van der Waals surface area (Å²) in [6.45, 7) is 1.74. The molecule has 4 nitrogen and oxygen atoms in total. The second-order valence-corrected chi connectivity index (χ2v) is 6.71. The molecule has 1 unspecified atom stereocenters. The Hall–Kier alpha value is -1.82. The van der Waals surface area contributed by atoms with E-state index in [1.807, 2.05) is 0 Å². The van der Waals surface area contributed by atoms with Crippen LogP contribution in [0.3, 0.4) is 0 Å². The summed E-state index contributed by atoms with van der Waals surface area (Å²) < 4.78 is 28.3. The summed E-state index contributed by atoms with van der Waals surface area (Å²) in [6.07, 6.45) is 2.23. The van der Waals surface area contributed by atoms with Crippen molar-refractivity contribution in [2.24, 2.45) is 11.8 Å². The third-order valence-corrected chi connectivity index (χ3v) is 5.07. The van der Waals surface area contributed by atoms with Crippen molar-refractivity contribution in [2.45, 2.75) is 31.6 Å². The Balaban J connectivity index is 1.78. The largest absolute Gasteiger partial charge is 0.269 e. The van der Waals surface area contributed by atoms with Crippen LogP contribution in [0.1, 0.15) is 30.3 Å². The lowest BCUT2D eigenvalue weighted by Gasteiger charge is -2.19. The van der Waals surface area contributed by atoms with Crippen molar-refractivity contribution < 1.29 is 8.78 Å². The molecule has 0 amide bonds. The zero-order valence-corrected chi connectivity index (χ0v) is 13.1. The van der Waals surface area contributed by atoms with Gasteiger partial charge in [-0.05, 0) is 31.9 Å². The van der Waals surface area contributed by atoms with Crippen molar-refractivity contribution in [1.82, 2.24) is 14.5 Å². The molecule has 0 aromatic carbocycles. The molecule has 0 N–H and O–H groups in total. The van der Waals surface area contributed by atoms with E-state index in [1.165, 1.54) is 16.8 Å². The molecule has 120 valence electrons. The summed E-state index contributed by atoms with van der Waals surface area (Å²) >= 11 is 5.79. The third kappa shape index (κ3) is 2.27. The molecular formula is C16H14ClF2N3O. The van der Waals surface area contributed by atoms with Gasteiger partial charge < -0.3 is 0 Å². The van der Waals surface area contributed by atoms with Crippen LogP contribution >= 0.6 is 11.6 Å². The predicted octanol–water partition coefficient (Wildman–Crippen LogP) is 3.35. The van der Waals surface area contributed by atoms with Crippen LogP contribution in [0.25, 0.3) is 5.69 Å². The highest BCUT2D eigenvalue weighted by Gasteiger charge is 2.71. The standard InChI is InChI=1S/C16H14ClF2N3O/c1-8-4-14(23)22(10-2-3-13(17)20-7-10)15(21-8)9-5-11-12(6-9)16(11,18)19/h2-4,7,9,11-12H,5-6H2,1H3/t9?,11-,12+. The van der Waals surface area contributed by atoms with Gasteiger partial charge in [-0.1, -0.05) is 11.6 Å². The van der Waals surface area contributed by atoms with Crippen LogP contribution in [0.5, 0.6) is 0 Å². The molecule has 23 heavy (non-hydrogen) atoms. The second kappa shape index (κ2) is 4.84. The van der Waals surface area contributed by atoms with Gasteiger partial charge in [0.1, 0.15) is 11.0 Å². The summed E-state index contributed by atoms with van der Waals surface area (Å²) in [7, 11) is 0. The Kier molecular flexibility index (Phi) is 3.10. The van der Waals surface area contributed by atoms with Crippen LogP contribution < -0.4 is 5.56 Å². The molecule has 2 heterocycles. The van der Waals surface area contributed by atoms with E-state index >= 15 is 0 Å². The Morgan fingerprint density at radius 3 is 2.61 bits per heavy atom. The number of hydrogen-bond acceptors (Lipinski definition) is 3. The first kappa shape index (κ1) is 14.8. The monoisotopic (exact) mass is 337 g/mol. The average molecular weight is 338 g/mol. The molecule has 0 radical (unpaired) electrons. The number of nitrogens with zero attached hydrogens (tertiary/aromatic N) is 3. The van der Waals surface area contributed by atoms with Gasteiger partial charge in [-0.2, -0.15) is 0 Å². The summed E-state index contributed by atoms with van der Waals surface area (Å²) in [5.41, 5.74) is 0.911. The predicted molar refractivity (Wildman–Crippen MR) is 81.3 cm³/mol. The summed E-state index contributed by atoms with van der Waals surface area (Å²) in [4.78, 5) is 20.9. The second-order valence-electron chi connectivity index (χ2n) is 6.32. The Bertz CT molecular complexity index is 820. The van der Waals surface area contributed by atoms with Crippen molar-refractivity contribution in [3.63, 3.8) is 0 Å². The normalized spacial score (nSPS) is 27.7. The van der Waals surface area contributed by atoms with Gasteiger partial charge in [0.15, 0.2) is 0 Å². The molecule has 0 bridgehead atoms. The fourth-order valence-electron chi connectivity index (χ4n) is 3.68. The zero-order valence-electron chi connectivity index (χ0n) is 12.3. The van der Waals surface area contributed by atoms with Gasteiger partial charge in [-0.15, -0.1) is 0 Å². The Morgan fingerprint density at radius 2 is 2.00 bits per heavy atom. The van der Waals surface area contributed by atoms with E-state index in [4.69, 9.17) is 11.6 Å². The van der Waals surface area contributed by atoms with Crippen LogP contribution in [-0.4, -0.2) is 20.5 Å². The number of pyridine rings is 1. The van der Waals surface area contributed by atoms with E-state index in [0.717, 1.165) is 0 Å². The van der Waals surface area contributed by atoms with Crippen molar-refractivity contribution >= 4 is 11.6 Å². The Morgan fingerprint density at radius 1 is 1.30 bits per heavy atom. The van der Waals surface area contributed by atoms with E-state index in [2.05, 4.69) is 9.97 Å². The third-order valence-electron chi connectivity index (χ3n) is 4.85. The van der Waals surface area contributed by atoms with Crippen LogP contribution in [0.4, 0.5) is 8.78 Å². The highest BCUT2D eigenvalue weighted by molar-refractivity contribution is 6.29. The highest BCUT2D eigenvalue weighted by Crippen LogP contribution is 2.67. The molecule has 0 aliphatic heterocycles. The van der Waals surface area contributed by atoms with Crippen molar-refractivity contribution in [1.29, 1.82) is 0 Å². The average Bonchev–Trinajstić information content (AvgIpc) is 2.87. The lowest BCUT2D eigenvalue weighted by atomic mass is 10.0. The van der Waals surface area contributed by atoms with Gasteiger partial charge >= 0.3 is 0 Å². The molecule has 2 aliphatic rings. The van der Waals surface area contributed by atoms with Crippen molar-refractivity contribution in [3.8, 4) is 5.69 Å². The van der Waals surface area contributed by atoms with Crippen molar-refractivity contribution in [3.05, 3.63) is 51.4 Å². The van der Waals surface area contributed by atoms with E-state index in [0.29, 0.717) is 35.2 Å². The first-order valence-corrected chi connectivity index (χ1v) is 7.86. The van der Waals surface area contributed by atoms with Gasteiger partial charge in [0.25, 0.3) is 11.5 Å². The molecule has 7 heteroatoms. The minimum Gasteiger partial charge on any atom is -0.269 e. The molecule has 2 aromatic rings. The van der Waals surface area contributed by atoms with Crippen molar-refractivity contribution in [2.75, 3.05) is 0 Å². The van der Waals surface area contributed by atoms with Gasteiger partial charge in [0.2, 0.25) is 0 Å². The molecular weight excluding hydrogens is 324 g/mol. The summed E-state index contributed by atoms with van der Waals surface area (Å²) in [5.74, 6) is -3.26. The maximum atomic E-state index is 13.4. The lowest BCUT2D eigenvalue weighted by molar-refractivity contribution is 0.0689. The number of aromatic nitrogens is 3. The van der Waals surface area contributed by atoms with E-state index in [-0.39, 0.29) is 11.5 Å². The molecule has 2 saturated carbocycles. The fourth-order valence-corrected chi connectivity index (χ4v) is 3.79. The maximum Gasteiger partial charge on any atom is 0.258 e. The summed E-state index contributed by atoms with van der Waals surface area (Å²) in [6, 6.07) is 4.71. The zero-order chi connectivity index (χ0) is 16.4.